The molecule has 20 heavy (non-hydrogen) atoms. The van der Waals surface area contributed by atoms with Gasteiger partial charge < -0.3 is 14.8 Å². The normalized spacial score (nSPS) is 17.2. The van der Waals surface area contributed by atoms with Crippen molar-refractivity contribution in [2.75, 3.05) is 0 Å². The van der Waals surface area contributed by atoms with Gasteiger partial charge in [-0.15, -0.1) is 0 Å². The molecule has 1 aromatic carbocycles. The Bertz CT molecular complexity index is 643. The fraction of sp³-hybridized carbons (Fsp3) is 0.0667. The lowest BCUT2D eigenvalue weighted by Gasteiger charge is -2.10. The second-order valence-corrected chi connectivity index (χ2v) is 5.32. The Labute approximate surface area is 120 Å². The Hall–Kier alpha value is -2.27. The topological polar surface area (TPSA) is 51.2 Å². The third-order valence-corrected chi connectivity index (χ3v) is 3.87. The average Bonchev–Trinajstić information content (AvgIpc) is 2.98. The van der Waals surface area contributed by atoms with Crippen LogP contribution in [0.2, 0.25) is 0 Å². The second kappa shape index (κ2) is 5.79. The van der Waals surface area contributed by atoms with Gasteiger partial charge in [0.1, 0.15) is 11.1 Å². The van der Waals surface area contributed by atoms with Crippen LogP contribution in [0.15, 0.2) is 55.0 Å². The molecule has 0 aliphatic carbocycles. The van der Waals surface area contributed by atoms with Crippen LogP contribution in [-0.2, 0) is 4.79 Å². The van der Waals surface area contributed by atoms with Crippen molar-refractivity contribution in [3.8, 4) is 11.5 Å². The summed E-state index contributed by atoms with van der Waals surface area (Å²) < 4.78 is 5.86. The zero-order chi connectivity index (χ0) is 13.8. The molecule has 0 spiro atoms. The highest BCUT2D eigenvalue weighted by molar-refractivity contribution is 8.09. The lowest BCUT2D eigenvalue weighted by atomic mass is 10.2. The molecular formula is C15H12N2O2S. The predicted molar refractivity (Wildman–Crippen MR) is 79.3 cm³/mol. The number of ether oxygens (including phenoxy) is 1. The summed E-state index contributed by atoms with van der Waals surface area (Å²) in [4.78, 5) is 15.9. The van der Waals surface area contributed by atoms with Crippen LogP contribution >= 0.6 is 11.8 Å². The zero-order valence-electron chi connectivity index (χ0n) is 10.5. The molecule has 1 aliphatic rings. The fourth-order valence-corrected chi connectivity index (χ4v) is 2.75. The van der Waals surface area contributed by atoms with Crippen molar-refractivity contribution in [2.45, 2.75) is 5.37 Å². The highest BCUT2D eigenvalue weighted by Crippen LogP contribution is 2.39. The van der Waals surface area contributed by atoms with Crippen molar-refractivity contribution >= 4 is 23.0 Å². The first-order chi connectivity index (χ1) is 9.86. The van der Waals surface area contributed by atoms with E-state index in [1.165, 1.54) is 11.8 Å². The number of hydrogen-bond donors (Lipinski definition) is 1. The SMILES string of the molecule is O=CC1NC=C(c2ccncc2Oc2ccccc2)S1. The molecule has 0 bridgehead atoms. The number of rotatable bonds is 4. The number of nitrogens with zero attached hydrogens (tertiary/aromatic N) is 1. The van der Waals surface area contributed by atoms with Gasteiger partial charge in [-0.25, -0.2) is 0 Å². The van der Waals surface area contributed by atoms with Crippen LogP contribution in [0.3, 0.4) is 0 Å². The molecule has 1 aromatic heterocycles. The summed E-state index contributed by atoms with van der Waals surface area (Å²) in [5.74, 6) is 1.43. The van der Waals surface area contributed by atoms with Crippen LogP contribution in [0.5, 0.6) is 11.5 Å². The minimum absolute atomic E-state index is 0.234. The Kier molecular flexibility index (Phi) is 3.69. The van der Waals surface area contributed by atoms with Gasteiger partial charge in [0.25, 0.3) is 0 Å². The average molecular weight is 284 g/mol. The van der Waals surface area contributed by atoms with Crippen LogP contribution in [-0.4, -0.2) is 16.6 Å². The molecular weight excluding hydrogens is 272 g/mol. The third-order valence-electron chi connectivity index (χ3n) is 2.78. The number of carbonyl (C=O) groups excluding carboxylic acids is 1. The van der Waals surface area contributed by atoms with Gasteiger partial charge in [0.05, 0.1) is 6.20 Å². The molecule has 1 N–H and O–H groups in total. The summed E-state index contributed by atoms with van der Waals surface area (Å²) in [5.41, 5.74) is 0.922. The van der Waals surface area contributed by atoms with Crippen LogP contribution in [0.4, 0.5) is 0 Å². The van der Waals surface area contributed by atoms with Crippen LogP contribution in [0.25, 0.3) is 4.91 Å². The van der Waals surface area contributed by atoms with Gasteiger partial charge in [-0.1, -0.05) is 30.0 Å². The first-order valence-corrected chi connectivity index (χ1v) is 7.00. The second-order valence-electron chi connectivity index (χ2n) is 4.14. The monoisotopic (exact) mass is 284 g/mol. The van der Waals surface area contributed by atoms with Crippen molar-refractivity contribution in [3.63, 3.8) is 0 Å². The molecule has 1 aliphatic heterocycles. The van der Waals surface area contributed by atoms with Crippen LogP contribution < -0.4 is 10.1 Å². The van der Waals surface area contributed by atoms with Crippen LogP contribution in [0.1, 0.15) is 5.56 Å². The lowest BCUT2D eigenvalue weighted by molar-refractivity contribution is -0.107. The van der Waals surface area contributed by atoms with Crippen molar-refractivity contribution in [3.05, 3.63) is 60.6 Å². The maximum Gasteiger partial charge on any atom is 0.154 e. The summed E-state index contributed by atoms with van der Waals surface area (Å²) >= 11 is 1.46. The summed E-state index contributed by atoms with van der Waals surface area (Å²) in [6.45, 7) is 0. The van der Waals surface area contributed by atoms with E-state index in [2.05, 4.69) is 10.3 Å². The largest absolute Gasteiger partial charge is 0.455 e. The van der Waals surface area contributed by atoms with Gasteiger partial charge in [-0.05, 0) is 18.2 Å². The maximum absolute atomic E-state index is 10.8. The zero-order valence-corrected chi connectivity index (χ0v) is 11.3. The summed E-state index contributed by atoms with van der Waals surface area (Å²) in [6, 6.07) is 11.4. The molecule has 4 nitrogen and oxygen atoms in total. The number of thioether (sulfide) groups is 1. The molecule has 0 saturated carbocycles. The Balaban J connectivity index is 1.88. The molecule has 1 unspecified atom stereocenters. The van der Waals surface area contributed by atoms with Gasteiger partial charge >= 0.3 is 0 Å². The summed E-state index contributed by atoms with van der Waals surface area (Å²) in [5, 5.41) is 2.77. The quantitative estimate of drug-likeness (QED) is 0.875. The molecule has 5 heteroatoms. The Morgan fingerprint density at radius 3 is 2.85 bits per heavy atom. The Morgan fingerprint density at radius 1 is 1.25 bits per heavy atom. The van der Waals surface area contributed by atoms with Crippen molar-refractivity contribution in [1.29, 1.82) is 0 Å². The van der Waals surface area contributed by atoms with E-state index in [1.54, 1.807) is 12.4 Å². The molecule has 0 saturated heterocycles. The van der Waals surface area contributed by atoms with Crippen molar-refractivity contribution < 1.29 is 9.53 Å². The highest BCUT2D eigenvalue weighted by atomic mass is 32.2. The van der Waals surface area contributed by atoms with E-state index in [1.807, 2.05) is 42.6 Å². The standard InChI is InChI=1S/C15H12N2O2S/c18-10-15-17-9-14(20-15)12-6-7-16-8-13(12)19-11-4-2-1-3-5-11/h1-10,15,17H. The molecule has 3 rings (SSSR count). The smallest absolute Gasteiger partial charge is 0.154 e. The van der Waals surface area contributed by atoms with Gasteiger partial charge in [-0.3, -0.25) is 4.98 Å². The van der Waals surface area contributed by atoms with E-state index in [9.17, 15) is 4.79 Å². The van der Waals surface area contributed by atoms with E-state index < -0.39 is 0 Å². The number of aldehydes is 1. The molecule has 1 atom stereocenters. The number of hydrogen-bond acceptors (Lipinski definition) is 5. The summed E-state index contributed by atoms with van der Waals surface area (Å²) in [6.07, 6.45) is 6.10. The van der Waals surface area contributed by atoms with Gasteiger partial charge in [0.15, 0.2) is 12.0 Å². The number of nitrogens with one attached hydrogen (secondary N) is 1. The number of benzene rings is 1. The van der Waals surface area contributed by atoms with Gasteiger partial charge in [-0.2, -0.15) is 0 Å². The molecule has 100 valence electrons. The molecule has 0 amide bonds. The maximum atomic E-state index is 10.8. The van der Waals surface area contributed by atoms with Gasteiger partial charge in [0, 0.05) is 22.9 Å². The summed E-state index contributed by atoms with van der Waals surface area (Å²) in [7, 11) is 0. The number of pyridine rings is 1. The first-order valence-electron chi connectivity index (χ1n) is 6.12. The van der Waals surface area contributed by atoms with Gasteiger partial charge in [0.2, 0.25) is 0 Å². The van der Waals surface area contributed by atoms with Crippen molar-refractivity contribution in [1.82, 2.24) is 10.3 Å². The van der Waals surface area contributed by atoms with E-state index in [0.29, 0.717) is 5.75 Å². The number of para-hydroxylation sites is 1. The molecule has 0 fully saturated rings. The fourth-order valence-electron chi connectivity index (χ4n) is 1.85. The lowest BCUT2D eigenvalue weighted by Crippen LogP contribution is -2.16. The van der Waals surface area contributed by atoms with E-state index in [0.717, 1.165) is 22.5 Å². The highest BCUT2D eigenvalue weighted by Gasteiger charge is 2.20. The molecule has 0 radical (unpaired) electrons. The molecule has 2 heterocycles. The van der Waals surface area contributed by atoms with Crippen molar-refractivity contribution in [2.24, 2.45) is 0 Å². The first kappa shape index (κ1) is 12.7. The minimum Gasteiger partial charge on any atom is -0.455 e. The minimum atomic E-state index is -0.234. The number of carbonyl (C=O) groups is 1. The number of aromatic nitrogens is 1. The van der Waals surface area contributed by atoms with E-state index in [-0.39, 0.29) is 5.37 Å². The van der Waals surface area contributed by atoms with Crippen LogP contribution in [0, 0.1) is 0 Å². The van der Waals surface area contributed by atoms with E-state index >= 15 is 0 Å². The predicted octanol–water partition coefficient (Wildman–Crippen LogP) is 3.03. The third kappa shape index (κ3) is 2.67. The molecule has 2 aromatic rings. The Morgan fingerprint density at radius 2 is 2.10 bits per heavy atom. The van der Waals surface area contributed by atoms with E-state index in [4.69, 9.17) is 4.74 Å².